The van der Waals surface area contributed by atoms with E-state index in [0.717, 1.165) is 19.1 Å². The van der Waals surface area contributed by atoms with Crippen molar-refractivity contribution in [3.05, 3.63) is 0 Å². The molecule has 3 heteroatoms. The fraction of sp³-hybridized carbons (Fsp3) is 1.00. The van der Waals surface area contributed by atoms with Gasteiger partial charge in [-0.15, -0.1) is 0 Å². The maximum Gasteiger partial charge on any atom is 0.0489 e. The second kappa shape index (κ2) is 7.05. The molecule has 1 aliphatic heterocycles. The Morgan fingerprint density at radius 1 is 1.37 bits per heavy atom. The van der Waals surface area contributed by atoms with Crippen molar-refractivity contribution < 1.29 is 4.74 Å². The first-order chi connectivity index (χ1) is 9.10. The summed E-state index contributed by atoms with van der Waals surface area (Å²) in [5.74, 6) is 1.57. The van der Waals surface area contributed by atoms with Crippen LogP contribution in [0, 0.1) is 11.8 Å². The molecule has 1 atom stereocenters. The highest BCUT2D eigenvalue weighted by molar-refractivity contribution is 5.00. The molecule has 0 aromatic carbocycles. The van der Waals surface area contributed by atoms with Crippen LogP contribution in [0.25, 0.3) is 0 Å². The maximum atomic E-state index is 5.69. The lowest BCUT2D eigenvalue weighted by Crippen LogP contribution is -2.51. The highest BCUT2D eigenvalue weighted by atomic mass is 16.5. The zero-order valence-electron chi connectivity index (χ0n) is 13.1. The molecule has 2 rings (SSSR count). The zero-order valence-corrected chi connectivity index (χ0v) is 13.1. The van der Waals surface area contributed by atoms with E-state index in [9.17, 15) is 0 Å². The molecule has 1 saturated heterocycles. The predicted octanol–water partition coefficient (Wildman–Crippen LogP) is 2.51. The molecule has 0 radical (unpaired) electrons. The van der Waals surface area contributed by atoms with E-state index in [-0.39, 0.29) is 0 Å². The smallest absolute Gasteiger partial charge is 0.0489 e. The number of ether oxygens (including phenoxy) is 1. The number of rotatable bonds is 7. The summed E-state index contributed by atoms with van der Waals surface area (Å²) in [7, 11) is 0. The molecule has 1 unspecified atom stereocenters. The lowest BCUT2D eigenvalue weighted by molar-refractivity contribution is 0.0962. The second-order valence-corrected chi connectivity index (χ2v) is 7.07. The second-order valence-electron chi connectivity index (χ2n) is 7.07. The van der Waals surface area contributed by atoms with Crippen molar-refractivity contribution >= 4 is 0 Å². The van der Waals surface area contributed by atoms with E-state index in [4.69, 9.17) is 4.74 Å². The average molecular weight is 268 g/mol. The van der Waals surface area contributed by atoms with E-state index in [1.165, 1.54) is 51.9 Å². The standard InChI is InChI=1S/C16H32N2O/c1-14(2)12-19-11-5-10-18-9-4-8-17-16(3,13-18)15-6-7-15/h14-15,17H,4-13H2,1-3H3. The van der Waals surface area contributed by atoms with Crippen LogP contribution >= 0.6 is 0 Å². The molecule has 3 nitrogen and oxygen atoms in total. The third-order valence-corrected chi connectivity index (χ3v) is 4.42. The number of nitrogens with one attached hydrogen (secondary N) is 1. The highest BCUT2D eigenvalue weighted by Crippen LogP contribution is 2.40. The van der Waals surface area contributed by atoms with Gasteiger partial charge in [0.05, 0.1) is 0 Å². The Bertz CT molecular complexity index is 265. The summed E-state index contributed by atoms with van der Waals surface area (Å²) in [6.45, 7) is 13.5. The van der Waals surface area contributed by atoms with E-state index in [1.54, 1.807) is 0 Å². The molecule has 0 aromatic rings. The summed E-state index contributed by atoms with van der Waals surface area (Å²) in [4.78, 5) is 2.65. The van der Waals surface area contributed by atoms with Crippen LogP contribution in [0.3, 0.4) is 0 Å². The number of hydrogen-bond donors (Lipinski definition) is 1. The van der Waals surface area contributed by atoms with Gasteiger partial charge < -0.3 is 15.0 Å². The van der Waals surface area contributed by atoms with Gasteiger partial charge in [0, 0.05) is 31.8 Å². The number of hydrogen-bond acceptors (Lipinski definition) is 3. The summed E-state index contributed by atoms with van der Waals surface area (Å²) < 4.78 is 5.69. The van der Waals surface area contributed by atoms with E-state index in [0.29, 0.717) is 11.5 Å². The molecular formula is C16H32N2O. The minimum Gasteiger partial charge on any atom is -0.381 e. The van der Waals surface area contributed by atoms with Gasteiger partial charge in [0.1, 0.15) is 0 Å². The molecule has 0 bridgehead atoms. The molecular weight excluding hydrogens is 236 g/mol. The summed E-state index contributed by atoms with van der Waals surface area (Å²) >= 11 is 0. The Hall–Kier alpha value is -0.120. The van der Waals surface area contributed by atoms with Crippen molar-refractivity contribution in [2.75, 3.05) is 39.4 Å². The van der Waals surface area contributed by atoms with Gasteiger partial charge in [-0.3, -0.25) is 0 Å². The van der Waals surface area contributed by atoms with E-state index >= 15 is 0 Å². The minimum atomic E-state index is 0.370. The van der Waals surface area contributed by atoms with E-state index in [1.807, 2.05) is 0 Å². The predicted molar refractivity (Wildman–Crippen MR) is 80.5 cm³/mol. The van der Waals surface area contributed by atoms with Gasteiger partial charge in [-0.1, -0.05) is 13.8 Å². The molecule has 1 heterocycles. The fourth-order valence-electron chi connectivity index (χ4n) is 3.17. The average Bonchev–Trinajstić information content (AvgIpc) is 3.16. The molecule has 0 spiro atoms. The summed E-state index contributed by atoms with van der Waals surface area (Å²) in [5.41, 5.74) is 0.370. The van der Waals surface area contributed by atoms with Crippen molar-refractivity contribution in [1.82, 2.24) is 10.2 Å². The minimum absolute atomic E-state index is 0.370. The molecule has 2 fully saturated rings. The summed E-state index contributed by atoms with van der Waals surface area (Å²) in [5, 5.41) is 3.79. The fourth-order valence-corrected chi connectivity index (χ4v) is 3.17. The Morgan fingerprint density at radius 3 is 2.84 bits per heavy atom. The Kier molecular flexibility index (Phi) is 5.67. The molecule has 112 valence electrons. The molecule has 2 aliphatic rings. The lowest BCUT2D eigenvalue weighted by Gasteiger charge is -2.34. The molecule has 0 aromatic heterocycles. The van der Waals surface area contributed by atoms with Crippen LogP contribution in [-0.4, -0.2) is 49.8 Å². The first-order valence-corrected chi connectivity index (χ1v) is 8.15. The first kappa shape index (κ1) is 15.3. The van der Waals surface area contributed by atoms with Gasteiger partial charge in [-0.25, -0.2) is 0 Å². The van der Waals surface area contributed by atoms with Crippen LogP contribution in [0.1, 0.15) is 46.5 Å². The van der Waals surface area contributed by atoms with Crippen LogP contribution in [0.4, 0.5) is 0 Å². The zero-order chi connectivity index (χ0) is 13.7. The third kappa shape index (κ3) is 5.05. The molecule has 1 saturated carbocycles. The Morgan fingerprint density at radius 2 is 2.16 bits per heavy atom. The van der Waals surface area contributed by atoms with Crippen LogP contribution in [0.5, 0.6) is 0 Å². The Labute approximate surface area is 119 Å². The van der Waals surface area contributed by atoms with Crippen molar-refractivity contribution in [3.63, 3.8) is 0 Å². The van der Waals surface area contributed by atoms with Gasteiger partial charge in [-0.05, 0) is 57.5 Å². The van der Waals surface area contributed by atoms with Crippen molar-refractivity contribution in [3.8, 4) is 0 Å². The van der Waals surface area contributed by atoms with Gasteiger partial charge in [-0.2, -0.15) is 0 Å². The SMILES string of the molecule is CC(C)COCCCN1CCCNC(C)(C2CC2)C1. The summed E-state index contributed by atoms with van der Waals surface area (Å²) in [6.07, 6.45) is 5.31. The highest BCUT2D eigenvalue weighted by Gasteiger charge is 2.42. The lowest BCUT2D eigenvalue weighted by atomic mass is 9.95. The number of nitrogens with zero attached hydrogens (tertiary/aromatic N) is 1. The van der Waals surface area contributed by atoms with Crippen LogP contribution in [0.15, 0.2) is 0 Å². The van der Waals surface area contributed by atoms with Gasteiger partial charge in [0.25, 0.3) is 0 Å². The molecule has 19 heavy (non-hydrogen) atoms. The van der Waals surface area contributed by atoms with E-state index < -0.39 is 0 Å². The summed E-state index contributed by atoms with van der Waals surface area (Å²) in [6, 6.07) is 0. The van der Waals surface area contributed by atoms with Crippen molar-refractivity contribution in [2.24, 2.45) is 11.8 Å². The van der Waals surface area contributed by atoms with Crippen molar-refractivity contribution in [2.45, 2.75) is 52.0 Å². The van der Waals surface area contributed by atoms with Crippen LogP contribution < -0.4 is 5.32 Å². The van der Waals surface area contributed by atoms with Crippen LogP contribution in [-0.2, 0) is 4.74 Å². The quantitative estimate of drug-likeness (QED) is 0.718. The largest absolute Gasteiger partial charge is 0.381 e. The van der Waals surface area contributed by atoms with Crippen molar-refractivity contribution in [1.29, 1.82) is 0 Å². The third-order valence-electron chi connectivity index (χ3n) is 4.42. The topological polar surface area (TPSA) is 24.5 Å². The van der Waals surface area contributed by atoms with Gasteiger partial charge in [0.2, 0.25) is 0 Å². The van der Waals surface area contributed by atoms with Gasteiger partial charge in [0.15, 0.2) is 0 Å². The maximum absolute atomic E-state index is 5.69. The van der Waals surface area contributed by atoms with Crippen LogP contribution in [0.2, 0.25) is 0 Å². The van der Waals surface area contributed by atoms with E-state index in [2.05, 4.69) is 31.0 Å². The molecule has 1 aliphatic carbocycles. The Balaban J connectivity index is 1.67. The monoisotopic (exact) mass is 268 g/mol. The van der Waals surface area contributed by atoms with Gasteiger partial charge >= 0.3 is 0 Å². The molecule has 0 amide bonds. The normalized spacial score (nSPS) is 29.7. The molecule has 1 N–H and O–H groups in total. The first-order valence-electron chi connectivity index (χ1n) is 8.15.